The maximum Gasteiger partial charge on any atom is 0.220 e. The first-order chi connectivity index (χ1) is 9.11. The second kappa shape index (κ2) is 13.6. The summed E-state index contributed by atoms with van der Waals surface area (Å²) in [5, 5.41) is 3.10. The van der Waals surface area contributed by atoms with Gasteiger partial charge in [-0.05, 0) is 39.7 Å². The van der Waals surface area contributed by atoms with Crippen LogP contribution in [0.15, 0.2) is 0 Å². The van der Waals surface area contributed by atoms with Crippen LogP contribution in [-0.2, 0) is 9.53 Å². The molecule has 0 bridgehead atoms. The number of nitrogens with zero attached hydrogens (tertiary/aromatic N) is 1. The molecule has 7 heteroatoms. The van der Waals surface area contributed by atoms with Crippen molar-refractivity contribution in [3.8, 4) is 0 Å². The van der Waals surface area contributed by atoms with Gasteiger partial charge in [-0.25, -0.2) is 0 Å². The van der Waals surface area contributed by atoms with Crippen molar-refractivity contribution in [1.29, 1.82) is 0 Å². The van der Waals surface area contributed by atoms with Gasteiger partial charge in [0.2, 0.25) is 5.91 Å². The smallest absolute Gasteiger partial charge is 0.220 e. The molecule has 1 aliphatic heterocycles. The molecular formula is C14H31Cl2N3O2. The topological polar surface area (TPSA) is 67.6 Å². The number of carbonyl (C=O) groups is 1. The summed E-state index contributed by atoms with van der Waals surface area (Å²) >= 11 is 0. The summed E-state index contributed by atoms with van der Waals surface area (Å²) in [5.74, 6) is 0.145. The standard InChI is InChI=1S/C14H29N3O2.2ClH/c1-12(2)19-11-10-17-8-5-13(6-9-17)16-14(18)4-3-7-15;;/h12-13H,3-11,15H2,1-2H3,(H,16,18);2*1H. The van der Waals surface area contributed by atoms with Crippen LogP contribution in [0.1, 0.15) is 39.5 Å². The second-order valence-electron chi connectivity index (χ2n) is 5.50. The molecule has 1 rings (SSSR count). The lowest BCUT2D eigenvalue weighted by Crippen LogP contribution is -2.45. The van der Waals surface area contributed by atoms with Gasteiger partial charge in [0, 0.05) is 32.1 Å². The first-order valence-electron chi connectivity index (χ1n) is 7.45. The Balaban J connectivity index is 0. The molecule has 0 atom stereocenters. The fourth-order valence-electron chi connectivity index (χ4n) is 2.28. The van der Waals surface area contributed by atoms with E-state index in [0.29, 0.717) is 25.1 Å². The summed E-state index contributed by atoms with van der Waals surface area (Å²) in [5.41, 5.74) is 5.40. The predicted octanol–water partition coefficient (Wildman–Crippen LogP) is 1.57. The van der Waals surface area contributed by atoms with Crippen molar-refractivity contribution in [2.24, 2.45) is 5.73 Å². The minimum Gasteiger partial charge on any atom is -0.377 e. The number of nitrogens with one attached hydrogen (secondary N) is 1. The molecule has 1 saturated heterocycles. The van der Waals surface area contributed by atoms with Gasteiger partial charge in [0.15, 0.2) is 0 Å². The van der Waals surface area contributed by atoms with Crippen LogP contribution in [-0.4, -0.2) is 55.7 Å². The molecule has 0 unspecified atom stereocenters. The Kier molecular flexibility index (Phi) is 15.0. The van der Waals surface area contributed by atoms with Crippen molar-refractivity contribution in [2.45, 2.75) is 51.7 Å². The highest BCUT2D eigenvalue weighted by molar-refractivity contribution is 5.85. The average Bonchev–Trinajstić information content (AvgIpc) is 2.38. The van der Waals surface area contributed by atoms with Gasteiger partial charge < -0.3 is 20.7 Å². The van der Waals surface area contributed by atoms with E-state index in [0.717, 1.165) is 45.5 Å². The maximum atomic E-state index is 11.6. The van der Waals surface area contributed by atoms with Crippen molar-refractivity contribution in [3.05, 3.63) is 0 Å². The number of rotatable bonds is 8. The third-order valence-electron chi connectivity index (χ3n) is 3.42. The Labute approximate surface area is 141 Å². The van der Waals surface area contributed by atoms with Gasteiger partial charge in [0.05, 0.1) is 12.7 Å². The SMILES string of the molecule is CC(C)OCCN1CCC(NC(=O)CCCN)CC1.Cl.Cl. The molecule has 0 aromatic carbocycles. The highest BCUT2D eigenvalue weighted by atomic mass is 35.5. The quantitative estimate of drug-likeness (QED) is 0.702. The molecule has 1 aliphatic rings. The molecule has 3 N–H and O–H groups in total. The third-order valence-corrected chi connectivity index (χ3v) is 3.42. The van der Waals surface area contributed by atoms with E-state index in [1.165, 1.54) is 0 Å². The number of hydrogen-bond acceptors (Lipinski definition) is 4. The van der Waals surface area contributed by atoms with E-state index in [2.05, 4.69) is 24.1 Å². The van der Waals surface area contributed by atoms with Crippen molar-refractivity contribution < 1.29 is 9.53 Å². The van der Waals surface area contributed by atoms with E-state index in [9.17, 15) is 4.79 Å². The Bertz CT molecular complexity index is 261. The largest absolute Gasteiger partial charge is 0.377 e. The van der Waals surface area contributed by atoms with Crippen molar-refractivity contribution in [2.75, 3.05) is 32.8 Å². The number of nitrogens with two attached hydrogens (primary N) is 1. The molecule has 128 valence electrons. The van der Waals surface area contributed by atoms with Crippen LogP contribution < -0.4 is 11.1 Å². The van der Waals surface area contributed by atoms with Crippen molar-refractivity contribution in [1.82, 2.24) is 10.2 Å². The Morgan fingerprint density at radius 2 is 1.95 bits per heavy atom. The molecule has 1 fully saturated rings. The van der Waals surface area contributed by atoms with E-state index in [-0.39, 0.29) is 30.7 Å². The number of hydrogen-bond donors (Lipinski definition) is 2. The lowest BCUT2D eigenvalue weighted by atomic mass is 10.0. The number of carbonyl (C=O) groups excluding carboxylic acids is 1. The van der Waals surface area contributed by atoms with Crippen LogP contribution >= 0.6 is 24.8 Å². The zero-order valence-electron chi connectivity index (χ0n) is 13.2. The summed E-state index contributed by atoms with van der Waals surface area (Å²) in [6.07, 6.45) is 3.71. The van der Waals surface area contributed by atoms with Gasteiger partial charge >= 0.3 is 0 Å². The zero-order valence-corrected chi connectivity index (χ0v) is 14.8. The summed E-state index contributed by atoms with van der Waals surface area (Å²) in [4.78, 5) is 14.0. The molecule has 0 aromatic heterocycles. The zero-order chi connectivity index (χ0) is 14.1. The lowest BCUT2D eigenvalue weighted by molar-refractivity contribution is -0.122. The van der Waals surface area contributed by atoms with Crippen LogP contribution in [0.2, 0.25) is 0 Å². The number of halogens is 2. The van der Waals surface area contributed by atoms with Gasteiger partial charge in [-0.15, -0.1) is 24.8 Å². The fraction of sp³-hybridized carbons (Fsp3) is 0.929. The number of piperidine rings is 1. The summed E-state index contributed by atoms with van der Waals surface area (Å²) in [6, 6.07) is 0.340. The van der Waals surface area contributed by atoms with Gasteiger partial charge in [0.1, 0.15) is 0 Å². The Hall–Kier alpha value is -0.0700. The Morgan fingerprint density at radius 3 is 2.48 bits per heavy atom. The third kappa shape index (κ3) is 11.2. The van der Waals surface area contributed by atoms with E-state index >= 15 is 0 Å². The number of likely N-dealkylation sites (tertiary alicyclic amines) is 1. The van der Waals surface area contributed by atoms with Gasteiger partial charge in [0.25, 0.3) is 0 Å². The van der Waals surface area contributed by atoms with Crippen LogP contribution in [0, 0.1) is 0 Å². The van der Waals surface area contributed by atoms with Crippen molar-refractivity contribution >= 4 is 30.7 Å². The van der Waals surface area contributed by atoms with Gasteiger partial charge in [-0.1, -0.05) is 0 Å². The Morgan fingerprint density at radius 1 is 1.33 bits per heavy atom. The van der Waals surface area contributed by atoms with Crippen LogP contribution in [0.4, 0.5) is 0 Å². The summed E-state index contributed by atoms with van der Waals surface area (Å²) in [6.45, 7) is 8.58. The van der Waals surface area contributed by atoms with E-state index in [1.54, 1.807) is 0 Å². The molecule has 5 nitrogen and oxygen atoms in total. The molecule has 1 heterocycles. The molecule has 1 amide bonds. The fourth-order valence-corrected chi connectivity index (χ4v) is 2.28. The molecule has 0 spiro atoms. The summed E-state index contributed by atoms with van der Waals surface area (Å²) < 4.78 is 5.56. The normalized spacial score (nSPS) is 16.2. The monoisotopic (exact) mass is 343 g/mol. The number of amides is 1. The van der Waals surface area contributed by atoms with Crippen LogP contribution in [0.3, 0.4) is 0 Å². The molecule has 0 radical (unpaired) electrons. The van der Waals surface area contributed by atoms with E-state index in [1.807, 2.05) is 0 Å². The van der Waals surface area contributed by atoms with Gasteiger partial charge in [-0.3, -0.25) is 4.79 Å². The first kappa shape index (κ1) is 23.2. The second-order valence-corrected chi connectivity index (χ2v) is 5.50. The number of ether oxygens (including phenoxy) is 1. The van der Waals surface area contributed by atoms with Gasteiger partial charge in [-0.2, -0.15) is 0 Å². The lowest BCUT2D eigenvalue weighted by Gasteiger charge is -2.32. The van der Waals surface area contributed by atoms with E-state index in [4.69, 9.17) is 10.5 Å². The molecule has 21 heavy (non-hydrogen) atoms. The van der Waals surface area contributed by atoms with Crippen LogP contribution in [0.5, 0.6) is 0 Å². The first-order valence-corrected chi connectivity index (χ1v) is 7.45. The molecular weight excluding hydrogens is 313 g/mol. The summed E-state index contributed by atoms with van der Waals surface area (Å²) in [7, 11) is 0. The van der Waals surface area contributed by atoms with Crippen LogP contribution in [0.25, 0.3) is 0 Å². The molecule has 0 saturated carbocycles. The molecule has 0 aromatic rings. The minimum absolute atomic E-state index is 0. The highest BCUT2D eigenvalue weighted by Crippen LogP contribution is 2.10. The predicted molar refractivity (Wildman–Crippen MR) is 91.5 cm³/mol. The molecule has 0 aliphatic carbocycles. The maximum absolute atomic E-state index is 11.6. The van der Waals surface area contributed by atoms with E-state index < -0.39 is 0 Å². The average molecular weight is 344 g/mol. The minimum atomic E-state index is 0. The van der Waals surface area contributed by atoms with Crippen molar-refractivity contribution in [3.63, 3.8) is 0 Å². The highest BCUT2D eigenvalue weighted by Gasteiger charge is 2.20.